The quantitative estimate of drug-likeness (QED) is 0.843. The van der Waals surface area contributed by atoms with Crippen molar-refractivity contribution in [1.29, 1.82) is 0 Å². The smallest absolute Gasteiger partial charge is 0.342 e. The van der Waals surface area contributed by atoms with Crippen LogP contribution in [0.3, 0.4) is 0 Å². The Hall–Kier alpha value is -2.53. The summed E-state index contributed by atoms with van der Waals surface area (Å²) in [6.45, 7) is 1.90. The average molecular weight is 348 g/mol. The highest BCUT2D eigenvalue weighted by molar-refractivity contribution is 6.31. The third-order valence-electron chi connectivity index (χ3n) is 3.45. The zero-order chi connectivity index (χ0) is 17.7. The molecule has 0 aliphatic carbocycles. The van der Waals surface area contributed by atoms with Crippen molar-refractivity contribution in [1.82, 2.24) is 4.90 Å². The van der Waals surface area contributed by atoms with Crippen molar-refractivity contribution >= 4 is 23.5 Å². The topological polar surface area (TPSA) is 66.8 Å². The molecule has 2 rings (SSSR count). The number of amides is 1. The molecule has 2 aromatic carbocycles. The van der Waals surface area contributed by atoms with Gasteiger partial charge in [-0.2, -0.15) is 0 Å². The predicted molar refractivity (Wildman–Crippen MR) is 90.9 cm³/mol. The van der Waals surface area contributed by atoms with E-state index in [2.05, 4.69) is 0 Å². The minimum absolute atomic E-state index is 0.0761. The Morgan fingerprint density at radius 2 is 1.88 bits per heavy atom. The molecule has 0 aliphatic heterocycles. The molecule has 1 amide bonds. The molecule has 1 atom stereocenters. The van der Waals surface area contributed by atoms with Gasteiger partial charge in [-0.15, -0.1) is 0 Å². The van der Waals surface area contributed by atoms with Gasteiger partial charge in [0.05, 0.1) is 0 Å². The molecule has 0 heterocycles. The van der Waals surface area contributed by atoms with Crippen molar-refractivity contribution in [2.24, 2.45) is 0 Å². The lowest BCUT2D eigenvalue weighted by Crippen LogP contribution is -2.37. The molecule has 1 N–H and O–H groups in total. The van der Waals surface area contributed by atoms with Gasteiger partial charge in [-0.1, -0.05) is 41.9 Å². The number of aromatic hydroxyl groups is 1. The van der Waals surface area contributed by atoms with E-state index >= 15 is 0 Å². The summed E-state index contributed by atoms with van der Waals surface area (Å²) in [6.07, 6.45) is -0.982. The van der Waals surface area contributed by atoms with Crippen LogP contribution in [0.15, 0.2) is 48.5 Å². The summed E-state index contributed by atoms with van der Waals surface area (Å²) in [5.74, 6) is -1.39. The molecule has 0 saturated heterocycles. The van der Waals surface area contributed by atoms with Crippen molar-refractivity contribution in [3.8, 4) is 5.75 Å². The Morgan fingerprint density at radius 1 is 1.21 bits per heavy atom. The Kier molecular flexibility index (Phi) is 5.82. The maximum absolute atomic E-state index is 12.3. The molecule has 0 bridgehead atoms. The molecule has 24 heavy (non-hydrogen) atoms. The maximum Gasteiger partial charge on any atom is 0.342 e. The molecule has 5 nitrogen and oxygen atoms in total. The number of hydrogen-bond acceptors (Lipinski definition) is 4. The zero-order valence-electron chi connectivity index (χ0n) is 13.4. The van der Waals surface area contributed by atoms with Gasteiger partial charge in [0.25, 0.3) is 5.91 Å². The van der Waals surface area contributed by atoms with Gasteiger partial charge < -0.3 is 14.7 Å². The normalized spacial score (nSPS) is 11.6. The number of carbonyl (C=O) groups excluding carboxylic acids is 2. The van der Waals surface area contributed by atoms with Crippen LogP contribution >= 0.6 is 11.6 Å². The average Bonchev–Trinajstić information content (AvgIpc) is 2.57. The molecule has 0 radical (unpaired) electrons. The van der Waals surface area contributed by atoms with Crippen molar-refractivity contribution in [3.05, 3.63) is 64.7 Å². The van der Waals surface area contributed by atoms with Crippen LogP contribution in [0.2, 0.25) is 5.02 Å². The second kappa shape index (κ2) is 7.84. The van der Waals surface area contributed by atoms with Crippen molar-refractivity contribution in [2.45, 2.75) is 19.6 Å². The molecule has 0 spiro atoms. The van der Waals surface area contributed by atoms with E-state index in [9.17, 15) is 14.7 Å². The van der Waals surface area contributed by atoms with Gasteiger partial charge in [-0.25, -0.2) is 4.79 Å². The molecule has 0 unspecified atom stereocenters. The van der Waals surface area contributed by atoms with E-state index in [1.807, 2.05) is 30.3 Å². The summed E-state index contributed by atoms with van der Waals surface area (Å²) in [6, 6.07) is 13.5. The first kappa shape index (κ1) is 17.8. The van der Waals surface area contributed by atoms with Crippen molar-refractivity contribution < 1.29 is 19.4 Å². The van der Waals surface area contributed by atoms with Crippen LogP contribution in [0.25, 0.3) is 0 Å². The number of halogens is 1. The minimum atomic E-state index is -0.982. The van der Waals surface area contributed by atoms with Crippen LogP contribution in [-0.4, -0.2) is 35.0 Å². The molecule has 6 heteroatoms. The van der Waals surface area contributed by atoms with Crippen molar-refractivity contribution in [2.75, 3.05) is 7.05 Å². The second-order valence-electron chi connectivity index (χ2n) is 5.39. The van der Waals surface area contributed by atoms with Gasteiger partial charge in [-0.05, 0) is 30.7 Å². The molecule has 0 saturated carbocycles. The van der Waals surface area contributed by atoms with Gasteiger partial charge in [0.2, 0.25) is 0 Å². The summed E-state index contributed by atoms with van der Waals surface area (Å²) in [4.78, 5) is 25.9. The molecule has 0 aliphatic rings. The lowest BCUT2D eigenvalue weighted by Gasteiger charge is -2.21. The number of nitrogens with zero attached hydrogens (tertiary/aromatic N) is 1. The first-order valence-electron chi connectivity index (χ1n) is 7.37. The molecule has 0 aromatic heterocycles. The third kappa shape index (κ3) is 4.49. The highest BCUT2D eigenvalue weighted by atomic mass is 35.5. The van der Waals surface area contributed by atoms with Gasteiger partial charge in [0.1, 0.15) is 11.3 Å². The Bertz CT molecular complexity index is 733. The second-order valence-corrected chi connectivity index (χ2v) is 5.83. The fraction of sp³-hybridized carbons (Fsp3) is 0.222. The predicted octanol–water partition coefficient (Wildman–Crippen LogP) is 3.25. The van der Waals surface area contributed by atoms with Crippen LogP contribution < -0.4 is 0 Å². The maximum atomic E-state index is 12.3. The fourth-order valence-corrected chi connectivity index (χ4v) is 2.36. The molecular formula is C18H18ClNO4. The van der Waals surface area contributed by atoms with Crippen LogP contribution in [0.4, 0.5) is 0 Å². The first-order valence-corrected chi connectivity index (χ1v) is 7.74. The van der Waals surface area contributed by atoms with Crippen LogP contribution in [-0.2, 0) is 16.1 Å². The minimum Gasteiger partial charge on any atom is -0.507 e. The van der Waals surface area contributed by atoms with E-state index in [0.29, 0.717) is 11.6 Å². The van der Waals surface area contributed by atoms with Crippen LogP contribution in [0, 0.1) is 0 Å². The van der Waals surface area contributed by atoms with E-state index in [4.69, 9.17) is 16.3 Å². The number of phenolic OH excluding ortho intramolecular Hbond substituents is 1. The molecule has 126 valence electrons. The van der Waals surface area contributed by atoms with E-state index < -0.39 is 12.1 Å². The van der Waals surface area contributed by atoms with Crippen molar-refractivity contribution in [3.63, 3.8) is 0 Å². The standard InChI is InChI=1S/C18H18ClNO4/c1-12(17(22)20(2)11-13-6-4-3-5-7-13)24-18(23)15-10-14(19)8-9-16(15)21/h3-10,12,21H,11H2,1-2H3/t12-/m1/s1. The van der Waals surface area contributed by atoms with Crippen LogP contribution in [0.1, 0.15) is 22.8 Å². The number of benzene rings is 2. The molecular weight excluding hydrogens is 330 g/mol. The number of phenols is 1. The summed E-state index contributed by atoms with van der Waals surface area (Å²) < 4.78 is 5.14. The molecule has 0 fully saturated rings. The summed E-state index contributed by atoms with van der Waals surface area (Å²) in [5.41, 5.74) is 0.896. The van der Waals surface area contributed by atoms with Gasteiger partial charge >= 0.3 is 5.97 Å². The summed E-state index contributed by atoms with van der Waals surface area (Å²) >= 11 is 5.81. The number of likely N-dealkylation sites (N-methyl/N-ethyl adjacent to an activating group) is 1. The molecule has 2 aromatic rings. The highest BCUT2D eigenvalue weighted by Crippen LogP contribution is 2.22. The number of hydrogen-bond donors (Lipinski definition) is 1. The summed E-state index contributed by atoms with van der Waals surface area (Å²) in [5, 5.41) is 10.00. The Labute approximate surface area is 145 Å². The number of ether oxygens (including phenoxy) is 1. The zero-order valence-corrected chi connectivity index (χ0v) is 14.2. The van der Waals surface area contributed by atoms with Crippen LogP contribution in [0.5, 0.6) is 5.75 Å². The fourth-order valence-electron chi connectivity index (χ4n) is 2.19. The summed E-state index contributed by atoms with van der Waals surface area (Å²) in [7, 11) is 1.64. The van der Waals surface area contributed by atoms with Gasteiger partial charge in [0, 0.05) is 18.6 Å². The Balaban J connectivity index is 2.00. The lowest BCUT2D eigenvalue weighted by molar-refractivity contribution is -0.139. The van der Waals surface area contributed by atoms with E-state index in [1.54, 1.807) is 7.05 Å². The largest absolute Gasteiger partial charge is 0.507 e. The van der Waals surface area contributed by atoms with E-state index in [1.165, 1.54) is 30.0 Å². The number of rotatable bonds is 5. The number of carbonyl (C=O) groups is 2. The van der Waals surface area contributed by atoms with E-state index in [-0.39, 0.29) is 17.2 Å². The monoisotopic (exact) mass is 347 g/mol. The highest BCUT2D eigenvalue weighted by Gasteiger charge is 2.23. The first-order chi connectivity index (χ1) is 11.4. The van der Waals surface area contributed by atoms with Gasteiger partial charge in [-0.3, -0.25) is 4.79 Å². The Morgan fingerprint density at radius 3 is 2.54 bits per heavy atom. The van der Waals surface area contributed by atoms with Gasteiger partial charge in [0.15, 0.2) is 6.10 Å². The number of esters is 1. The van der Waals surface area contributed by atoms with E-state index in [0.717, 1.165) is 5.56 Å². The third-order valence-corrected chi connectivity index (χ3v) is 3.68. The lowest BCUT2D eigenvalue weighted by atomic mass is 10.2. The SMILES string of the molecule is C[C@@H](OC(=O)c1cc(Cl)ccc1O)C(=O)N(C)Cc1ccccc1.